The first-order chi connectivity index (χ1) is 17.8. The van der Waals surface area contributed by atoms with Crippen LogP contribution in [0.1, 0.15) is 45.1 Å². The summed E-state index contributed by atoms with van der Waals surface area (Å²) in [6, 6.07) is 23.4. The van der Waals surface area contributed by atoms with E-state index in [0.29, 0.717) is 16.8 Å². The van der Waals surface area contributed by atoms with E-state index in [0.717, 1.165) is 11.1 Å². The number of carbonyl (C=O) groups is 3. The Morgan fingerprint density at radius 1 is 0.730 bits per heavy atom. The molecule has 188 valence electrons. The lowest BCUT2D eigenvalue weighted by Gasteiger charge is -2.10. The Hall–Kier alpha value is -4.72. The maximum Gasteiger partial charge on any atom is 0.357 e. The Morgan fingerprint density at radius 3 is 2.00 bits per heavy atom. The van der Waals surface area contributed by atoms with Gasteiger partial charge in [0.1, 0.15) is 11.3 Å². The number of methoxy groups -OCH3 is 2. The largest absolute Gasteiger partial charge is 0.465 e. The van der Waals surface area contributed by atoms with Crippen LogP contribution in [0.2, 0.25) is 0 Å². The highest BCUT2D eigenvalue weighted by atomic mass is 16.5. The fourth-order valence-electron chi connectivity index (χ4n) is 3.91. The van der Waals surface area contributed by atoms with Crippen LogP contribution in [0.4, 0.5) is 0 Å². The first kappa shape index (κ1) is 25.4. The van der Waals surface area contributed by atoms with Crippen LogP contribution in [-0.4, -0.2) is 48.0 Å². The number of ether oxygens (including phenoxy) is 3. The van der Waals surface area contributed by atoms with Gasteiger partial charge in [-0.1, -0.05) is 48.5 Å². The van der Waals surface area contributed by atoms with Crippen LogP contribution in [0.15, 0.2) is 78.9 Å². The van der Waals surface area contributed by atoms with Gasteiger partial charge in [-0.3, -0.25) is 0 Å². The van der Waals surface area contributed by atoms with Crippen molar-refractivity contribution in [2.45, 2.75) is 20.0 Å². The van der Waals surface area contributed by atoms with Crippen molar-refractivity contribution in [1.82, 2.24) is 9.78 Å². The Morgan fingerprint density at radius 2 is 1.35 bits per heavy atom. The number of hydrogen-bond donors (Lipinski definition) is 0. The zero-order chi connectivity index (χ0) is 26.5. The van der Waals surface area contributed by atoms with Crippen LogP contribution in [0, 0.1) is 0 Å². The molecular weight excluding hydrogens is 472 g/mol. The van der Waals surface area contributed by atoms with Gasteiger partial charge in [0.15, 0.2) is 5.69 Å². The molecule has 0 spiro atoms. The Balaban J connectivity index is 1.87. The van der Waals surface area contributed by atoms with E-state index in [1.54, 1.807) is 62.4 Å². The van der Waals surface area contributed by atoms with Gasteiger partial charge in [0.25, 0.3) is 0 Å². The SMILES string of the molecule is COC(=O)c1c(-c2cccc(-c3cccc(C(=O)OC(C)C)c3)c2)nn(-c2ccccc2)c1C(=O)OC. The number of esters is 3. The summed E-state index contributed by atoms with van der Waals surface area (Å²) in [5.41, 5.74) is 3.34. The maximum atomic E-state index is 12.9. The minimum Gasteiger partial charge on any atom is -0.465 e. The highest BCUT2D eigenvalue weighted by molar-refractivity contribution is 6.07. The number of benzene rings is 3. The number of carbonyl (C=O) groups excluding carboxylic acids is 3. The molecule has 0 fully saturated rings. The van der Waals surface area contributed by atoms with Gasteiger partial charge in [0.2, 0.25) is 0 Å². The summed E-state index contributed by atoms with van der Waals surface area (Å²) >= 11 is 0. The van der Waals surface area contributed by atoms with E-state index in [2.05, 4.69) is 5.10 Å². The van der Waals surface area contributed by atoms with E-state index in [4.69, 9.17) is 14.2 Å². The molecule has 0 unspecified atom stereocenters. The number of aromatic nitrogens is 2. The van der Waals surface area contributed by atoms with E-state index in [-0.39, 0.29) is 23.1 Å². The number of nitrogens with zero attached hydrogens (tertiary/aromatic N) is 2. The molecule has 0 amide bonds. The average Bonchev–Trinajstić information content (AvgIpc) is 3.33. The third kappa shape index (κ3) is 5.28. The Bertz CT molecular complexity index is 1460. The summed E-state index contributed by atoms with van der Waals surface area (Å²) in [5.74, 6) is -1.86. The summed E-state index contributed by atoms with van der Waals surface area (Å²) in [6.45, 7) is 3.59. The number of rotatable bonds is 7. The van der Waals surface area contributed by atoms with Gasteiger partial charge in [-0.15, -0.1) is 0 Å². The number of para-hydroxylation sites is 1. The molecule has 0 saturated carbocycles. The Kier molecular flexibility index (Phi) is 7.48. The second kappa shape index (κ2) is 10.9. The van der Waals surface area contributed by atoms with E-state index < -0.39 is 17.9 Å². The van der Waals surface area contributed by atoms with Gasteiger partial charge in [-0.25, -0.2) is 19.1 Å². The second-order valence-electron chi connectivity index (χ2n) is 8.42. The van der Waals surface area contributed by atoms with Crippen molar-refractivity contribution < 1.29 is 28.6 Å². The minimum absolute atomic E-state index is 0.00962. The quantitative estimate of drug-likeness (QED) is 0.250. The molecule has 0 bridgehead atoms. The molecule has 0 radical (unpaired) electrons. The van der Waals surface area contributed by atoms with E-state index in [9.17, 15) is 14.4 Å². The van der Waals surface area contributed by atoms with Gasteiger partial charge in [-0.2, -0.15) is 5.10 Å². The lowest BCUT2D eigenvalue weighted by Crippen LogP contribution is -2.15. The van der Waals surface area contributed by atoms with Crippen molar-refractivity contribution >= 4 is 17.9 Å². The molecule has 0 aliphatic heterocycles. The molecule has 0 saturated heterocycles. The van der Waals surface area contributed by atoms with Crippen LogP contribution >= 0.6 is 0 Å². The van der Waals surface area contributed by atoms with Crippen molar-refractivity contribution in [2.75, 3.05) is 14.2 Å². The smallest absolute Gasteiger partial charge is 0.357 e. The summed E-state index contributed by atoms with van der Waals surface area (Å²) in [5, 5.41) is 4.64. The first-order valence-corrected chi connectivity index (χ1v) is 11.6. The van der Waals surface area contributed by atoms with Crippen LogP contribution < -0.4 is 0 Å². The predicted octanol–water partition coefficient (Wildman–Crippen LogP) is 5.34. The van der Waals surface area contributed by atoms with Crippen LogP contribution in [0.25, 0.3) is 28.1 Å². The Labute approximate surface area is 214 Å². The van der Waals surface area contributed by atoms with Crippen molar-refractivity contribution in [3.63, 3.8) is 0 Å². The molecule has 1 aromatic heterocycles. The molecular formula is C29H26N2O6. The average molecular weight is 499 g/mol. The fourth-order valence-corrected chi connectivity index (χ4v) is 3.91. The summed E-state index contributed by atoms with van der Waals surface area (Å²) in [4.78, 5) is 38.2. The number of hydrogen-bond acceptors (Lipinski definition) is 7. The summed E-state index contributed by atoms with van der Waals surface area (Å²) in [6.07, 6.45) is -0.236. The van der Waals surface area contributed by atoms with Crippen molar-refractivity contribution in [3.05, 3.63) is 95.7 Å². The fraction of sp³-hybridized carbons (Fsp3) is 0.172. The van der Waals surface area contributed by atoms with Crippen LogP contribution in [0.3, 0.4) is 0 Å². The monoisotopic (exact) mass is 498 g/mol. The third-order valence-corrected chi connectivity index (χ3v) is 5.56. The van der Waals surface area contributed by atoms with Crippen LogP contribution in [0.5, 0.6) is 0 Å². The third-order valence-electron chi connectivity index (χ3n) is 5.56. The summed E-state index contributed by atoms with van der Waals surface area (Å²) in [7, 11) is 2.48. The zero-order valence-electron chi connectivity index (χ0n) is 20.9. The molecule has 0 atom stereocenters. The van der Waals surface area contributed by atoms with Crippen molar-refractivity contribution in [2.24, 2.45) is 0 Å². The van der Waals surface area contributed by atoms with Gasteiger partial charge in [-0.05, 0) is 55.3 Å². The molecule has 8 nitrogen and oxygen atoms in total. The van der Waals surface area contributed by atoms with E-state index in [1.807, 2.05) is 30.3 Å². The van der Waals surface area contributed by atoms with Crippen molar-refractivity contribution in [3.8, 4) is 28.1 Å². The molecule has 4 rings (SSSR count). The topological polar surface area (TPSA) is 96.7 Å². The normalized spacial score (nSPS) is 10.7. The van der Waals surface area contributed by atoms with Gasteiger partial charge >= 0.3 is 17.9 Å². The van der Waals surface area contributed by atoms with E-state index in [1.165, 1.54) is 18.9 Å². The van der Waals surface area contributed by atoms with Gasteiger partial charge in [0.05, 0.1) is 31.6 Å². The molecule has 8 heteroatoms. The van der Waals surface area contributed by atoms with Crippen molar-refractivity contribution in [1.29, 1.82) is 0 Å². The molecule has 4 aromatic rings. The lowest BCUT2D eigenvalue weighted by molar-refractivity contribution is 0.0377. The standard InChI is InChI=1S/C29H26N2O6/c1-18(2)37-27(32)22-13-9-11-20(17-22)19-10-8-12-21(16-19)25-24(28(33)35-3)26(29(34)36-4)31(30-25)23-14-6-5-7-15-23/h5-18H,1-4H3. The highest BCUT2D eigenvalue weighted by Crippen LogP contribution is 2.32. The first-order valence-electron chi connectivity index (χ1n) is 11.6. The zero-order valence-corrected chi connectivity index (χ0v) is 20.9. The minimum atomic E-state index is -0.726. The molecule has 0 N–H and O–H groups in total. The molecule has 0 aliphatic rings. The van der Waals surface area contributed by atoms with Crippen LogP contribution in [-0.2, 0) is 14.2 Å². The maximum absolute atomic E-state index is 12.9. The lowest BCUT2D eigenvalue weighted by atomic mass is 9.98. The molecule has 1 heterocycles. The van der Waals surface area contributed by atoms with Gasteiger partial charge < -0.3 is 14.2 Å². The molecule has 3 aromatic carbocycles. The molecule has 37 heavy (non-hydrogen) atoms. The van der Waals surface area contributed by atoms with E-state index >= 15 is 0 Å². The second-order valence-corrected chi connectivity index (χ2v) is 8.42. The predicted molar refractivity (Wildman–Crippen MR) is 138 cm³/mol. The molecule has 0 aliphatic carbocycles. The summed E-state index contributed by atoms with van der Waals surface area (Å²) < 4.78 is 16.7. The van der Waals surface area contributed by atoms with Gasteiger partial charge in [0, 0.05) is 5.56 Å². The highest BCUT2D eigenvalue weighted by Gasteiger charge is 2.31.